The van der Waals surface area contributed by atoms with E-state index in [2.05, 4.69) is 16.7 Å². The van der Waals surface area contributed by atoms with E-state index in [0.717, 1.165) is 51.9 Å². The van der Waals surface area contributed by atoms with Crippen LogP contribution in [-0.2, 0) is 6.54 Å². The highest BCUT2D eigenvalue weighted by molar-refractivity contribution is 6.03. The lowest BCUT2D eigenvalue weighted by atomic mass is 9.81. The van der Waals surface area contributed by atoms with E-state index in [9.17, 15) is 14.7 Å². The summed E-state index contributed by atoms with van der Waals surface area (Å²) in [5.74, 6) is 0.0693. The molecule has 0 atom stereocenters. The fourth-order valence-electron chi connectivity index (χ4n) is 6.39. The van der Waals surface area contributed by atoms with Gasteiger partial charge in [-0.15, -0.1) is 0 Å². The fraction of sp³-hybridized carbons (Fsp3) is 0.303. The minimum Gasteiger partial charge on any atom is -0.497 e. The summed E-state index contributed by atoms with van der Waals surface area (Å²) in [5.41, 5.74) is 7.65. The Morgan fingerprint density at radius 1 is 1.05 bits per heavy atom. The van der Waals surface area contributed by atoms with Crippen LogP contribution < -0.4 is 4.74 Å². The molecule has 7 heteroatoms. The zero-order chi connectivity index (χ0) is 28.0. The molecule has 3 heterocycles. The maximum atomic E-state index is 13.2. The van der Waals surface area contributed by atoms with Crippen molar-refractivity contribution in [3.8, 4) is 17.0 Å². The molecule has 1 fully saturated rings. The summed E-state index contributed by atoms with van der Waals surface area (Å²) in [6, 6.07) is 15.2. The number of amides is 1. The van der Waals surface area contributed by atoms with E-state index in [0.29, 0.717) is 23.7 Å². The first-order valence-electron chi connectivity index (χ1n) is 13.8. The summed E-state index contributed by atoms with van der Waals surface area (Å²) in [6.07, 6.45) is 9.66. The van der Waals surface area contributed by atoms with Crippen molar-refractivity contribution in [1.29, 1.82) is 0 Å². The van der Waals surface area contributed by atoms with E-state index in [4.69, 9.17) is 9.72 Å². The molecule has 0 radical (unpaired) electrons. The third-order valence-electron chi connectivity index (χ3n) is 8.28. The molecule has 1 amide bonds. The summed E-state index contributed by atoms with van der Waals surface area (Å²) < 4.78 is 7.86. The van der Waals surface area contributed by atoms with Crippen LogP contribution in [0.3, 0.4) is 0 Å². The van der Waals surface area contributed by atoms with Gasteiger partial charge in [0, 0.05) is 36.8 Å². The number of carboxylic acids is 1. The largest absolute Gasteiger partial charge is 0.497 e. The van der Waals surface area contributed by atoms with E-state index in [-0.39, 0.29) is 11.5 Å². The second kappa shape index (κ2) is 10.3. The van der Waals surface area contributed by atoms with Gasteiger partial charge < -0.3 is 19.3 Å². The SMILES string of the molecule is COc1ccc2c(c1)C=C(c1ncccc1C(=O)N(C)C)Cn1c-2c(C2CCCCC2)c2ccc(C(=O)O)cc21. The zero-order valence-corrected chi connectivity index (χ0v) is 23.1. The lowest BCUT2D eigenvalue weighted by Gasteiger charge is -2.24. The standard InChI is InChI=1S/C33H33N3O4/c1-35(2)32(37)27-10-7-15-34-30(27)23-16-22-17-24(40-3)12-14-25(22)31-29(20-8-5-4-6-9-20)26-13-11-21(33(38)39)18-28(26)36(31)19-23/h7,10-18,20H,4-6,8-9,19H2,1-3H3,(H,38,39). The quantitative estimate of drug-likeness (QED) is 0.307. The number of aromatic carboxylic acids is 1. The van der Waals surface area contributed by atoms with Crippen LogP contribution in [0.5, 0.6) is 5.75 Å². The van der Waals surface area contributed by atoms with Gasteiger partial charge in [0.05, 0.1) is 36.2 Å². The average Bonchev–Trinajstić information content (AvgIpc) is 3.19. The number of pyridine rings is 1. The van der Waals surface area contributed by atoms with Crippen LogP contribution in [-0.4, -0.2) is 52.6 Å². The molecule has 1 saturated carbocycles. The predicted octanol–water partition coefficient (Wildman–Crippen LogP) is 6.71. The van der Waals surface area contributed by atoms with Crippen molar-refractivity contribution in [1.82, 2.24) is 14.5 Å². The van der Waals surface area contributed by atoms with Crippen molar-refractivity contribution in [2.75, 3.05) is 21.2 Å². The maximum Gasteiger partial charge on any atom is 0.335 e. The average molecular weight is 536 g/mol. The number of nitrogens with zero attached hydrogens (tertiary/aromatic N) is 3. The van der Waals surface area contributed by atoms with E-state index in [1.54, 1.807) is 50.5 Å². The molecule has 204 valence electrons. The number of hydrogen-bond acceptors (Lipinski definition) is 4. The summed E-state index contributed by atoms with van der Waals surface area (Å²) >= 11 is 0. The van der Waals surface area contributed by atoms with E-state index >= 15 is 0 Å². The molecule has 0 spiro atoms. The number of carbonyl (C=O) groups excluding carboxylic acids is 1. The van der Waals surface area contributed by atoms with Gasteiger partial charge in [0.1, 0.15) is 5.75 Å². The molecule has 0 saturated heterocycles. The molecule has 0 bridgehead atoms. The van der Waals surface area contributed by atoms with Crippen LogP contribution in [0, 0.1) is 0 Å². The van der Waals surface area contributed by atoms with Gasteiger partial charge in [-0.05, 0) is 84.0 Å². The van der Waals surface area contributed by atoms with Crippen molar-refractivity contribution < 1.29 is 19.4 Å². The number of hydrogen-bond donors (Lipinski definition) is 1. The van der Waals surface area contributed by atoms with Crippen LogP contribution in [0.4, 0.5) is 0 Å². The lowest BCUT2D eigenvalue weighted by Crippen LogP contribution is -2.23. The summed E-state index contributed by atoms with van der Waals surface area (Å²) in [6.45, 7) is 0.448. The molecule has 40 heavy (non-hydrogen) atoms. The van der Waals surface area contributed by atoms with Gasteiger partial charge in [0.15, 0.2) is 0 Å². The second-order valence-electron chi connectivity index (χ2n) is 10.9. The van der Waals surface area contributed by atoms with Gasteiger partial charge in [0.25, 0.3) is 5.91 Å². The van der Waals surface area contributed by atoms with Gasteiger partial charge in [-0.3, -0.25) is 9.78 Å². The second-order valence-corrected chi connectivity index (χ2v) is 10.9. The number of methoxy groups -OCH3 is 1. The topological polar surface area (TPSA) is 84.7 Å². The fourth-order valence-corrected chi connectivity index (χ4v) is 6.39. The first kappa shape index (κ1) is 25.9. The minimum absolute atomic E-state index is 0.118. The minimum atomic E-state index is -0.949. The highest BCUT2D eigenvalue weighted by atomic mass is 16.5. The summed E-state index contributed by atoms with van der Waals surface area (Å²) in [7, 11) is 5.14. The Labute approximate surface area is 233 Å². The van der Waals surface area contributed by atoms with Crippen molar-refractivity contribution in [2.45, 2.75) is 44.6 Å². The zero-order valence-electron chi connectivity index (χ0n) is 23.1. The lowest BCUT2D eigenvalue weighted by molar-refractivity contribution is 0.0696. The molecule has 0 unspecified atom stereocenters. The number of ether oxygens (including phenoxy) is 1. The third-order valence-corrected chi connectivity index (χ3v) is 8.28. The Kier molecular flexibility index (Phi) is 6.66. The highest BCUT2D eigenvalue weighted by Crippen LogP contribution is 2.47. The summed E-state index contributed by atoms with van der Waals surface area (Å²) in [4.78, 5) is 31.5. The normalized spacial score (nSPS) is 15.1. The Morgan fingerprint density at radius 2 is 1.85 bits per heavy atom. The highest BCUT2D eigenvalue weighted by Gasteiger charge is 2.30. The van der Waals surface area contributed by atoms with Crippen LogP contribution in [0.2, 0.25) is 0 Å². The molecule has 2 aromatic heterocycles. The van der Waals surface area contributed by atoms with Gasteiger partial charge >= 0.3 is 5.97 Å². The molecule has 4 aromatic rings. The van der Waals surface area contributed by atoms with Crippen molar-refractivity contribution in [3.63, 3.8) is 0 Å². The van der Waals surface area contributed by atoms with Crippen LogP contribution in [0.25, 0.3) is 33.8 Å². The van der Waals surface area contributed by atoms with Gasteiger partial charge in [-0.1, -0.05) is 25.3 Å². The molecule has 1 aliphatic heterocycles. The first-order valence-corrected chi connectivity index (χ1v) is 13.8. The molecule has 1 N–H and O–H groups in total. The van der Waals surface area contributed by atoms with E-state index in [1.165, 1.54) is 24.8 Å². The van der Waals surface area contributed by atoms with Gasteiger partial charge in [-0.2, -0.15) is 0 Å². The number of aromatic nitrogens is 2. The van der Waals surface area contributed by atoms with Crippen LogP contribution >= 0.6 is 0 Å². The van der Waals surface area contributed by atoms with E-state index in [1.807, 2.05) is 24.3 Å². The van der Waals surface area contributed by atoms with Gasteiger partial charge in [-0.25, -0.2) is 4.79 Å². The molecular weight excluding hydrogens is 502 g/mol. The Hall–Kier alpha value is -4.39. The third kappa shape index (κ3) is 4.35. The maximum absolute atomic E-state index is 13.2. The number of allylic oxidation sites excluding steroid dienone is 1. The van der Waals surface area contributed by atoms with Crippen LogP contribution in [0.1, 0.15) is 75.6 Å². The van der Waals surface area contributed by atoms with Crippen molar-refractivity contribution in [3.05, 3.63) is 82.7 Å². The number of carbonyl (C=O) groups is 2. The van der Waals surface area contributed by atoms with Crippen molar-refractivity contribution in [2.24, 2.45) is 0 Å². The monoisotopic (exact) mass is 535 g/mol. The number of carboxylic acid groups (broad SMARTS) is 1. The number of benzene rings is 2. The molecule has 7 nitrogen and oxygen atoms in total. The Balaban J connectivity index is 1.67. The molecular formula is C33H33N3O4. The van der Waals surface area contributed by atoms with E-state index < -0.39 is 5.97 Å². The van der Waals surface area contributed by atoms with Crippen LogP contribution in [0.15, 0.2) is 54.7 Å². The Bertz CT molecular complexity index is 1670. The summed E-state index contributed by atoms with van der Waals surface area (Å²) in [5, 5.41) is 11.0. The van der Waals surface area contributed by atoms with Crippen molar-refractivity contribution >= 4 is 34.4 Å². The number of fused-ring (bicyclic) bond motifs is 5. The molecule has 2 aliphatic rings. The predicted molar refractivity (Wildman–Crippen MR) is 157 cm³/mol. The van der Waals surface area contributed by atoms with Gasteiger partial charge in [0.2, 0.25) is 0 Å². The molecule has 1 aliphatic carbocycles. The molecule has 6 rings (SSSR count). The molecule has 2 aromatic carbocycles. The number of rotatable bonds is 5. The smallest absolute Gasteiger partial charge is 0.335 e. The first-order chi connectivity index (χ1) is 19.4. The Morgan fingerprint density at radius 3 is 2.58 bits per heavy atom.